The van der Waals surface area contributed by atoms with E-state index in [2.05, 4.69) is 63.1 Å². The molecule has 0 saturated carbocycles. The fraction of sp³-hybridized carbons (Fsp3) is 0.647. The van der Waals surface area contributed by atoms with E-state index in [0.29, 0.717) is 6.04 Å². The van der Waals surface area contributed by atoms with E-state index in [1.807, 2.05) is 0 Å². The van der Waals surface area contributed by atoms with Crippen molar-refractivity contribution in [2.24, 2.45) is 0 Å². The summed E-state index contributed by atoms with van der Waals surface area (Å²) in [4.78, 5) is 5.21. The topological polar surface area (TPSA) is 18.5 Å². The predicted molar refractivity (Wildman–Crippen MR) is 92.9 cm³/mol. The fourth-order valence-electron chi connectivity index (χ4n) is 3.45. The highest BCUT2D eigenvalue weighted by Gasteiger charge is 2.31. The van der Waals surface area contributed by atoms with E-state index in [9.17, 15) is 0 Å². The Kier molecular flexibility index (Phi) is 4.87. The molecule has 0 aromatic heterocycles. The molecule has 3 rings (SSSR count). The molecule has 1 atom stereocenters. The van der Waals surface area contributed by atoms with Crippen LogP contribution in [0.2, 0.25) is 0 Å². The monoisotopic (exact) mass is 351 g/mol. The lowest BCUT2D eigenvalue weighted by molar-refractivity contribution is 0.231. The molecule has 2 saturated heterocycles. The minimum absolute atomic E-state index is 0.527. The highest BCUT2D eigenvalue weighted by atomic mass is 79.9. The van der Waals surface area contributed by atoms with Crippen LogP contribution in [0.4, 0.5) is 5.69 Å². The van der Waals surface area contributed by atoms with Crippen LogP contribution < -0.4 is 10.2 Å². The van der Waals surface area contributed by atoms with Crippen LogP contribution in [0.25, 0.3) is 0 Å². The summed E-state index contributed by atoms with van der Waals surface area (Å²) in [5, 5.41) is 3.48. The second-order valence-electron chi connectivity index (χ2n) is 6.60. The standard InChI is InChI=1S/C17H26BrN3/c1-13(2)19-11-14-5-6-17(16(18)10-14)21-9-8-20-7-3-4-15(20)12-21/h5-6,10,13,15,19H,3-4,7-9,11-12H2,1-2H3. The van der Waals surface area contributed by atoms with Crippen LogP contribution in [0.3, 0.4) is 0 Å². The lowest BCUT2D eigenvalue weighted by Crippen LogP contribution is -2.50. The Balaban J connectivity index is 1.68. The molecular weight excluding hydrogens is 326 g/mol. The molecule has 0 amide bonds. The Hall–Kier alpha value is -0.580. The summed E-state index contributed by atoms with van der Waals surface area (Å²) in [5.41, 5.74) is 2.70. The van der Waals surface area contributed by atoms with Crippen molar-refractivity contribution < 1.29 is 0 Å². The summed E-state index contributed by atoms with van der Waals surface area (Å²) < 4.78 is 1.23. The first kappa shape index (κ1) is 15.3. The molecule has 0 bridgehead atoms. The average Bonchev–Trinajstić information content (AvgIpc) is 2.92. The number of nitrogens with zero attached hydrogens (tertiary/aromatic N) is 2. The summed E-state index contributed by atoms with van der Waals surface area (Å²) in [6.45, 7) is 10.2. The average molecular weight is 352 g/mol. The largest absolute Gasteiger partial charge is 0.368 e. The van der Waals surface area contributed by atoms with Gasteiger partial charge in [-0.15, -0.1) is 0 Å². The maximum absolute atomic E-state index is 3.78. The Labute approximate surface area is 136 Å². The van der Waals surface area contributed by atoms with Gasteiger partial charge in [0.15, 0.2) is 0 Å². The van der Waals surface area contributed by atoms with Crippen LogP contribution in [0.1, 0.15) is 32.3 Å². The number of nitrogens with one attached hydrogen (secondary N) is 1. The van der Waals surface area contributed by atoms with Crippen LogP contribution in [0.15, 0.2) is 22.7 Å². The molecular formula is C17H26BrN3. The van der Waals surface area contributed by atoms with Crippen LogP contribution >= 0.6 is 15.9 Å². The first-order valence-electron chi connectivity index (χ1n) is 8.14. The third-order valence-electron chi connectivity index (χ3n) is 4.65. The van der Waals surface area contributed by atoms with Gasteiger partial charge in [-0.2, -0.15) is 0 Å². The van der Waals surface area contributed by atoms with Crippen molar-refractivity contribution in [2.45, 2.75) is 45.3 Å². The molecule has 21 heavy (non-hydrogen) atoms. The summed E-state index contributed by atoms with van der Waals surface area (Å²) in [6.07, 6.45) is 2.74. The minimum atomic E-state index is 0.527. The van der Waals surface area contributed by atoms with Crippen molar-refractivity contribution in [3.8, 4) is 0 Å². The number of hydrogen-bond donors (Lipinski definition) is 1. The molecule has 1 aromatic rings. The normalized spacial score (nSPS) is 22.9. The molecule has 4 heteroatoms. The van der Waals surface area contributed by atoms with Gasteiger partial charge in [-0.1, -0.05) is 19.9 Å². The van der Waals surface area contributed by atoms with E-state index in [0.717, 1.165) is 19.1 Å². The highest BCUT2D eigenvalue weighted by Crippen LogP contribution is 2.31. The smallest absolute Gasteiger partial charge is 0.0511 e. The summed E-state index contributed by atoms with van der Waals surface area (Å²) in [6, 6.07) is 8.11. The molecule has 1 aromatic carbocycles. The number of anilines is 1. The van der Waals surface area contributed by atoms with Crippen LogP contribution in [0, 0.1) is 0 Å². The minimum Gasteiger partial charge on any atom is -0.368 e. The molecule has 0 spiro atoms. The van der Waals surface area contributed by atoms with E-state index in [4.69, 9.17) is 0 Å². The van der Waals surface area contributed by atoms with Gasteiger partial charge in [0.2, 0.25) is 0 Å². The molecule has 2 aliphatic rings. The van der Waals surface area contributed by atoms with Crippen molar-refractivity contribution >= 4 is 21.6 Å². The zero-order chi connectivity index (χ0) is 14.8. The van der Waals surface area contributed by atoms with Crippen LogP contribution in [-0.2, 0) is 6.54 Å². The first-order valence-corrected chi connectivity index (χ1v) is 8.93. The number of hydrogen-bond acceptors (Lipinski definition) is 3. The Morgan fingerprint density at radius 2 is 2.14 bits per heavy atom. The maximum Gasteiger partial charge on any atom is 0.0511 e. The van der Waals surface area contributed by atoms with Gasteiger partial charge in [-0.05, 0) is 53.0 Å². The molecule has 1 N–H and O–H groups in total. The van der Waals surface area contributed by atoms with Crippen molar-refractivity contribution in [2.75, 3.05) is 31.1 Å². The molecule has 2 aliphatic heterocycles. The second kappa shape index (κ2) is 6.67. The van der Waals surface area contributed by atoms with Crippen molar-refractivity contribution in [1.82, 2.24) is 10.2 Å². The number of benzene rings is 1. The number of fused-ring (bicyclic) bond motifs is 1. The summed E-state index contributed by atoms with van der Waals surface area (Å²) in [5.74, 6) is 0. The van der Waals surface area contributed by atoms with Gasteiger partial charge in [0.05, 0.1) is 5.69 Å². The maximum atomic E-state index is 3.78. The van der Waals surface area contributed by atoms with E-state index in [1.165, 1.54) is 48.2 Å². The van der Waals surface area contributed by atoms with Crippen molar-refractivity contribution in [3.63, 3.8) is 0 Å². The first-order chi connectivity index (χ1) is 10.1. The van der Waals surface area contributed by atoms with Crippen molar-refractivity contribution in [1.29, 1.82) is 0 Å². The SMILES string of the molecule is CC(C)NCc1ccc(N2CCN3CCCC3C2)c(Br)c1. The zero-order valence-corrected chi connectivity index (χ0v) is 14.7. The van der Waals surface area contributed by atoms with Crippen LogP contribution in [-0.4, -0.2) is 43.2 Å². The summed E-state index contributed by atoms with van der Waals surface area (Å²) >= 11 is 3.78. The van der Waals surface area contributed by atoms with E-state index in [-0.39, 0.29) is 0 Å². The zero-order valence-electron chi connectivity index (χ0n) is 13.1. The molecule has 0 radical (unpaired) electrons. The highest BCUT2D eigenvalue weighted by molar-refractivity contribution is 9.10. The molecule has 116 valence electrons. The van der Waals surface area contributed by atoms with E-state index < -0.39 is 0 Å². The van der Waals surface area contributed by atoms with Gasteiger partial charge >= 0.3 is 0 Å². The van der Waals surface area contributed by atoms with Gasteiger partial charge in [0.1, 0.15) is 0 Å². The number of halogens is 1. The van der Waals surface area contributed by atoms with Crippen molar-refractivity contribution in [3.05, 3.63) is 28.2 Å². The third-order valence-corrected chi connectivity index (χ3v) is 5.29. The van der Waals surface area contributed by atoms with Crippen LogP contribution in [0.5, 0.6) is 0 Å². The second-order valence-corrected chi connectivity index (χ2v) is 7.45. The quantitative estimate of drug-likeness (QED) is 0.898. The van der Waals surface area contributed by atoms with Gasteiger partial charge in [-0.25, -0.2) is 0 Å². The summed E-state index contributed by atoms with van der Waals surface area (Å²) in [7, 11) is 0. The molecule has 1 unspecified atom stereocenters. The van der Waals surface area contributed by atoms with Gasteiger partial charge in [-0.3, -0.25) is 4.90 Å². The number of rotatable bonds is 4. The van der Waals surface area contributed by atoms with Gasteiger partial charge in [0, 0.05) is 42.7 Å². The van der Waals surface area contributed by atoms with E-state index >= 15 is 0 Å². The Morgan fingerprint density at radius 3 is 2.90 bits per heavy atom. The number of piperazine rings is 1. The lowest BCUT2D eigenvalue weighted by Gasteiger charge is -2.39. The van der Waals surface area contributed by atoms with Gasteiger partial charge in [0.25, 0.3) is 0 Å². The Morgan fingerprint density at radius 1 is 1.29 bits per heavy atom. The Bertz CT molecular complexity index is 489. The lowest BCUT2D eigenvalue weighted by atomic mass is 10.1. The molecule has 0 aliphatic carbocycles. The predicted octanol–water partition coefficient (Wildman–Crippen LogP) is 3.23. The molecule has 2 fully saturated rings. The fourth-order valence-corrected chi connectivity index (χ4v) is 4.13. The molecule has 3 nitrogen and oxygen atoms in total. The third kappa shape index (κ3) is 3.61. The van der Waals surface area contributed by atoms with Gasteiger partial charge < -0.3 is 10.2 Å². The molecule has 2 heterocycles. The van der Waals surface area contributed by atoms with E-state index in [1.54, 1.807) is 0 Å².